The van der Waals surface area contributed by atoms with Gasteiger partial charge in [-0.25, -0.2) is 0 Å². The molecule has 0 spiro atoms. The molecule has 0 aliphatic carbocycles. The normalized spacial score (nSPS) is 21.6. The van der Waals surface area contributed by atoms with Gasteiger partial charge in [-0.05, 0) is 26.0 Å². The monoisotopic (exact) mass is 252 g/mol. The van der Waals surface area contributed by atoms with Crippen molar-refractivity contribution >= 4 is 5.91 Å². The SMILES string of the molecule is Cc1ccc(C(C)NC(=O)CC2CNCCO2)o1. The fourth-order valence-electron chi connectivity index (χ4n) is 2.02. The van der Waals surface area contributed by atoms with Crippen molar-refractivity contribution in [2.24, 2.45) is 0 Å². The molecule has 1 saturated heterocycles. The summed E-state index contributed by atoms with van der Waals surface area (Å²) in [4.78, 5) is 11.8. The van der Waals surface area contributed by atoms with Crippen molar-refractivity contribution in [3.05, 3.63) is 23.7 Å². The number of carbonyl (C=O) groups excluding carboxylic acids is 1. The Morgan fingerprint density at radius 3 is 3.06 bits per heavy atom. The third-order valence-corrected chi connectivity index (χ3v) is 2.98. The van der Waals surface area contributed by atoms with Crippen LogP contribution in [0.1, 0.15) is 30.9 Å². The van der Waals surface area contributed by atoms with Gasteiger partial charge in [0.25, 0.3) is 0 Å². The maximum absolute atomic E-state index is 11.8. The smallest absolute Gasteiger partial charge is 0.223 e. The van der Waals surface area contributed by atoms with Gasteiger partial charge in [-0.3, -0.25) is 4.79 Å². The molecular formula is C13H20N2O3. The van der Waals surface area contributed by atoms with E-state index in [2.05, 4.69) is 10.6 Å². The van der Waals surface area contributed by atoms with Crippen molar-refractivity contribution in [3.63, 3.8) is 0 Å². The number of hydrogen-bond donors (Lipinski definition) is 2. The Morgan fingerprint density at radius 2 is 2.44 bits per heavy atom. The molecule has 1 aliphatic heterocycles. The molecule has 0 bridgehead atoms. The number of nitrogens with one attached hydrogen (secondary N) is 2. The molecule has 100 valence electrons. The summed E-state index contributed by atoms with van der Waals surface area (Å²) in [7, 11) is 0. The average molecular weight is 252 g/mol. The number of hydrogen-bond acceptors (Lipinski definition) is 4. The van der Waals surface area contributed by atoms with Crippen molar-refractivity contribution in [3.8, 4) is 0 Å². The number of furan rings is 1. The second-order valence-electron chi connectivity index (χ2n) is 4.64. The number of aryl methyl sites for hydroxylation is 1. The Bertz CT molecular complexity index is 397. The Kier molecular flexibility index (Phi) is 4.38. The van der Waals surface area contributed by atoms with Crippen LogP contribution in [0, 0.1) is 6.92 Å². The van der Waals surface area contributed by atoms with E-state index in [1.165, 1.54) is 0 Å². The van der Waals surface area contributed by atoms with E-state index < -0.39 is 0 Å². The van der Waals surface area contributed by atoms with Gasteiger partial charge in [0, 0.05) is 13.1 Å². The van der Waals surface area contributed by atoms with Gasteiger partial charge in [0.2, 0.25) is 5.91 Å². The lowest BCUT2D eigenvalue weighted by atomic mass is 10.2. The van der Waals surface area contributed by atoms with Crippen molar-refractivity contribution in [2.45, 2.75) is 32.4 Å². The zero-order chi connectivity index (χ0) is 13.0. The second-order valence-corrected chi connectivity index (χ2v) is 4.64. The van der Waals surface area contributed by atoms with Crippen molar-refractivity contribution in [1.82, 2.24) is 10.6 Å². The molecule has 1 amide bonds. The Morgan fingerprint density at radius 1 is 1.61 bits per heavy atom. The standard InChI is InChI=1S/C13H20N2O3/c1-9-3-4-12(18-9)10(2)15-13(16)7-11-8-14-5-6-17-11/h3-4,10-11,14H,5-8H2,1-2H3,(H,15,16). The van der Waals surface area contributed by atoms with Gasteiger partial charge in [-0.15, -0.1) is 0 Å². The molecular weight excluding hydrogens is 232 g/mol. The third-order valence-electron chi connectivity index (χ3n) is 2.98. The lowest BCUT2D eigenvalue weighted by molar-refractivity contribution is -0.125. The third kappa shape index (κ3) is 3.58. The lowest BCUT2D eigenvalue weighted by Crippen LogP contribution is -2.41. The molecule has 2 atom stereocenters. The number of carbonyl (C=O) groups is 1. The van der Waals surface area contributed by atoms with Gasteiger partial charge in [0.1, 0.15) is 11.5 Å². The Labute approximate surface area is 107 Å². The van der Waals surface area contributed by atoms with Crippen LogP contribution in [0.25, 0.3) is 0 Å². The van der Waals surface area contributed by atoms with Crippen LogP contribution in [0.4, 0.5) is 0 Å². The molecule has 5 nitrogen and oxygen atoms in total. The summed E-state index contributed by atoms with van der Waals surface area (Å²) in [5.41, 5.74) is 0. The Balaban J connectivity index is 1.79. The number of rotatable bonds is 4. The van der Waals surface area contributed by atoms with E-state index >= 15 is 0 Å². The molecule has 2 heterocycles. The zero-order valence-electron chi connectivity index (χ0n) is 10.9. The first-order chi connectivity index (χ1) is 8.65. The van der Waals surface area contributed by atoms with Crippen LogP contribution in [0.15, 0.2) is 16.5 Å². The topological polar surface area (TPSA) is 63.5 Å². The number of ether oxygens (including phenoxy) is 1. The molecule has 0 aromatic carbocycles. The summed E-state index contributed by atoms with van der Waals surface area (Å²) in [6.07, 6.45) is 0.362. The molecule has 1 fully saturated rings. The van der Waals surface area contributed by atoms with Crippen molar-refractivity contribution in [2.75, 3.05) is 19.7 Å². The van der Waals surface area contributed by atoms with Crippen molar-refractivity contribution in [1.29, 1.82) is 0 Å². The molecule has 2 rings (SSSR count). The van der Waals surface area contributed by atoms with E-state index in [0.717, 1.165) is 24.6 Å². The van der Waals surface area contributed by atoms with Crippen LogP contribution < -0.4 is 10.6 Å². The van der Waals surface area contributed by atoms with Crippen LogP contribution >= 0.6 is 0 Å². The molecule has 18 heavy (non-hydrogen) atoms. The van der Waals surface area contributed by atoms with Crippen LogP contribution in [0.3, 0.4) is 0 Å². The van der Waals surface area contributed by atoms with Gasteiger partial charge in [-0.1, -0.05) is 0 Å². The van der Waals surface area contributed by atoms with Gasteiger partial charge < -0.3 is 19.8 Å². The minimum atomic E-state index is -0.109. The van der Waals surface area contributed by atoms with Crippen LogP contribution in [-0.2, 0) is 9.53 Å². The lowest BCUT2D eigenvalue weighted by Gasteiger charge is -2.23. The predicted molar refractivity (Wildman–Crippen MR) is 67.2 cm³/mol. The van der Waals surface area contributed by atoms with E-state index in [0.29, 0.717) is 13.0 Å². The first-order valence-electron chi connectivity index (χ1n) is 6.33. The second kappa shape index (κ2) is 6.02. The summed E-state index contributed by atoms with van der Waals surface area (Å²) in [5, 5.41) is 6.12. The average Bonchev–Trinajstić information content (AvgIpc) is 2.77. The van der Waals surface area contributed by atoms with Gasteiger partial charge >= 0.3 is 0 Å². The molecule has 1 aromatic rings. The maximum Gasteiger partial charge on any atom is 0.223 e. The highest BCUT2D eigenvalue weighted by atomic mass is 16.5. The molecule has 0 radical (unpaired) electrons. The van der Waals surface area contributed by atoms with Crippen LogP contribution in [0.5, 0.6) is 0 Å². The molecule has 0 saturated carbocycles. The fourth-order valence-corrected chi connectivity index (χ4v) is 2.02. The maximum atomic E-state index is 11.8. The summed E-state index contributed by atoms with van der Waals surface area (Å²) in [6.45, 7) is 6.07. The fraction of sp³-hybridized carbons (Fsp3) is 0.615. The highest BCUT2D eigenvalue weighted by molar-refractivity contribution is 5.76. The first kappa shape index (κ1) is 13.1. The highest BCUT2D eigenvalue weighted by Gasteiger charge is 2.19. The summed E-state index contributed by atoms with van der Waals surface area (Å²) in [6, 6.07) is 3.67. The molecule has 5 heteroatoms. The van der Waals surface area contributed by atoms with E-state index in [4.69, 9.17) is 9.15 Å². The molecule has 1 aliphatic rings. The summed E-state index contributed by atoms with van der Waals surface area (Å²) >= 11 is 0. The number of morpholine rings is 1. The zero-order valence-corrected chi connectivity index (χ0v) is 10.9. The van der Waals surface area contributed by atoms with Gasteiger partial charge in [0.05, 0.1) is 25.2 Å². The van der Waals surface area contributed by atoms with Gasteiger partial charge in [-0.2, -0.15) is 0 Å². The largest absolute Gasteiger partial charge is 0.464 e. The van der Waals surface area contributed by atoms with Crippen LogP contribution in [0.2, 0.25) is 0 Å². The van der Waals surface area contributed by atoms with Crippen LogP contribution in [-0.4, -0.2) is 31.7 Å². The number of amides is 1. The highest BCUT2D eigenvalue weighted by Crippen LogP contribution is 2.15. The summed E-state index contributed by atoms with van der Waals surface area (Å²) < 4.78 is 11.0. The quantitative estimate of drug-likeness (QED) is 0.843. The van der Waals surface area contributed by atoms with Gasteiger partial charge in [0.15, 0.2) is 0 Å². The minimum Gasteiger partial charge on any atom is -0.464 e. The molecule has 1 aromatic heterocycles. The van der Waals surface area contributed by atoms with Crippen molar-refractivity contribution < 1.29 is 13.9 Å². The molecule has 2 N–H and O–H groups in total. The predicted octanol–water partition coefficient (Wildman–Crippen LogP) is 1.14. The molecule has 2 unspecified atom stereocenters. The van der Waals surface area contributed by atoms with E-state index in [9.17, 15) is 4.79 Å². The summed E-state index contributed by atoms with van der Waals surface area (Å²) in [5.74, 6) is 1.62. The van der Waals surface area contributed by atoms with E-state index in [1.54, 1.807) is 0 Å². The first-order valence-corrected chi connectivity index (χ1v) is 6.33. The van der Waals surface area contributed by atoms with E-state index in [-0.39, 0.29) is 18.1 Å². The minimum absolute atomic E-state index is 0.00902. The Hall–Kier alpha value is -1.33. The van der Waals surface area contributed by atoms with E-state index in [1.807, 2.05) is 26.0 Å².